The third kappa shape index (κ3) is 4.52. The molecule has 1 saturated heterocycles. The fourth-order valence-electron chi connectivity index (χ4n) is 5.71. The van der Waals surface area contributed by atoms with E-state index in [9.17, 15) is 4.79 Å². The van der Waals surface area contributed by atoms with Crippen molar-refractivity contribution in [2.75, 3.05) is 36.4 Å². The summed E-state index contributed by atoms with van der Waals surface area (Å²) in [6.07, 6.45) is 7.03. The van der Waals surface area contributed by atoms with Crippen molar-refractivity contribution in [2.45, 2.75) is 44.4 Å². The minimum absolute atomic E-state index is 0.243. The summed E-state index contributed by atoms with van der Waals surface area (Å²) in [7, 11) is 0. The van der Waals surface area contributed by atoms with Gasteiger partial charge in [-0.15, -0.1) is 5.10 Å². The van der Waals surface area contributed by atoms with Crippen molar-refractivity contribution >= 4 is 40.6 Å². The number of benzene rings is 1. The number of nitrogens with zero attached hydrogens (tertiary/aromatic N) is 6. The van der Waals surface area contributed by atoms with Crippen molar-refractivity contribution in [3.63, 3.8) is 0 Å². The second-order valence-corrected chi connectivity index (χ2v) is 10.5. The van der Waals surface area contributed by atoms with Crippen LogP contribution in [0.15, 0.2) is 48.7 Å². The summed E-state index contributed by atoms with van der Waals surface area (Å²) < 4.78 is 1.83. The standard InChI is InChI=1S/C27H31ClN8O/c1-19-18-23(32-31-19)29-24-22-6-5-13-36(22)33-26(30-24)35-16-14-34(15-17-35)25(37)27(11-3-2-4-12-27)20-7-9-21(28)10-8-20/h5-10,13,18H,2-4,11-12,14-17H2,1H3,(H2,29,30,31,32,33). The van der Waals surface area contributed by atoms with Gasteiger partial charge in [0.2, 0.25) is 11.9 Å². The quantitative estimate of drug-likeness (QED) is 0.397. The van der Waals surface area contributed by atoms with Crippen molar-refractivity contribution < 1.29 is 4.79 Å². The molecule has 2 N–H and O–H groups in total. The lowest BCUT2D eigenvalue weighted by Gasteiger charge is -2.43. The number of anilines is 3. The fourth-order valence-corrected chi connectivity index (χ4v) is 5.84. The number of carbonyl (C=O) groups excluding carboxylic acids is 1. The normalized spacial score (nSPS) is 17.8. The van der Waals surface area contributed by atoms with Gasteiger partial charge in [-0.25, -0.2) is 4.52 Å². The second kappa shape index (κ2) is 9.70. The molecule has 6 rings (SSSR count). The van der Waals surface area contributed by atoms with E-state index < -0.39 is 5.41 Å². The number of hydrogen-bond acceptors (Lipinski definition) is 6. The number of hydrogen-bond donors (Lipinski definition) is 2. The van der Waals surface area contributed by atoms with Crippen molar-refractivity contribution in [3.8, 4) is 0 Å². The van der Waals surface area contributed by atoms with Gasteiger partial charge < -0.3 is 15.1 Å². The number of nitrogens with one attached hydrogen (secondary N) is 2. The first-order valence-electron chi connectivity index (χ1n) is 13.0. The number of aromatic amines is 1. The van der Waals surface area contributed by atoms with Gasteiger partial charge in [-0.2, -0.15) is 10.1 Å². The number of H-pyrrole nitrogens is 1. The van der Waals surface area contributed by atoms with E-state index in [2.05, 4.69) is 20.4 Å². The van der Waals surface area contributed by atoms with E-state index in [0.29, 0.717) is 48.8 Å². The van der Waals surface area contributed by atoms with Crippen LogP contribution >= 0.6 is 11.6 Å². The number of fused-ring (bicyclic) bond motifs is 1. The highest BCUT2D eigenvalue weighted by Gasteiger charge is 2.44. The number of aryl methyl sites for hydroxylation is 1. The van der Waals surface area contributed by atoms with Crippen LogP contribution in [0.2, 0.25) is 5.02 Å². The Morgan fingerprint density at radius 3 is 2.51 bits per heavy atom. The summed E-state index contributed by atoms with van der Waals surface area (Å²) in [6, 6.07) is 13.8. The molecular formula is C27H31ClN8O. The molecule has 2 aliphatic rings. The SMILES string of the molecule is Cc1cc(Nc2nc(N3CCN(C(=O)C4(c5ccc(Cl)cc5)CCCCC4)CC3)nn3cccc23)n[nH]1. The van der Waals surface area contributed by atoms with Gasteiger partial charge in [0.1, 0.15) is 5.52 Å². The van der Waals surface area contributed by atoms with E-state index in [4.69, 9.17) is 21.7 Å². The summed E-state index contributed by atoms with van der Waals surface area (Å²) >= 11 is 6.16. The van der Waals surface area contributed by atoms with Crippen LogP contribution in [0.1, 0.15) is 43.4 Å². The molecule has 0 bridgehead atoms. The van der Waals surface area contributed by atoms with Crippen LogP contribution in [0.3, 0.4) is 0 Å². The highest BCUT2D eigenvalue weighted by molar-refractivity contribution is 6.30. The smallest absolute Gasteiger partial charge is 0.245 e. The maximum Gasteiger partial charge on any atom is 0.245 e. The van der Waals surface area contributed by atoms with Gasteiger partial charge in [-0.3, -0.25) is 9.89 Å². The van der Waals surface area contributed by atoms with E-state index in [-0.39, 0.29) is 5.91 Å². The largest absolute Gasteiger partial charge is 0.338 e. The van der Waals surface area contributed by atoms with Crippen LogP contribution in [0.25, 0.3) is 5.52 Å². The fraction of sp³-hybridized carbons (Fsp3) is 0.407. The topological polar surface area (TPSA) is 94.5 Å². The average Bonchev–Trinajstić information content (AvgIpc) is 3.58. The molecule has 0 unspecified atom stereocenters. The lowest BCUT2D eigenvalue weighted by molar-refractivity contribution is -0.139. The molecule has 1 aliphatic heterocycles. The Balaban J connectivity index is 1.21. The molecule has 1 saturated carbocycles. The van der Waals surface area contributed by atoms with Gasteiger partial charge in [0.15, 0.2) is 11.6 Å². The highest BCUT2D eigenvalue weighted by Crippen LogP contribution is 2.41. The molecule has 4 heterocycles. The van der Waals surface area contributed by atoms with Crippen LogP contribution in [0.4, 0.5) is 17.6 Å². The number of carbonyl (C=O) groups is 1. The first-order valence-corrected chi connectivity index (χ1v) is 13.3. The number of aromatic nitrogens is 5. The Bertz CT molecular complexity index is 1400. The highest BCUT2D eigenvalue weighted by atomic mass is 35.5. The van der Waals surface area contributed by atoms with Gasteiger partial charge in [0.25, 0.3) is 0 Å². The maximum absolute atomic E-state index is 14.0. The first kappa shape index (κ1) is 23.8. The lowest BCUT2D eigenvalue weighted by atomic mass is 9.68. The number of halogens is 1. The van der Waals surface area contributed by atoms with E-state index in [1.165, 1.54) is 6.42 Å². The van der Waals surface area contributed by atoms with Gasteiger partial charge in [-0.1, -0.05) is 43.0 Å². The van der Waals surface area contributed by atoms with Crippen LogP contribution in [-0.4, -0.2) is 61.8 Å². The minimum atomic E-state index is -0.454. The third-order valence-electron chi connectivity index (χ3n) is 7.70. The zero-order valence-electron chi connectivity index (χ0n) is 21.0. The third-order valence-corrected chi connectivity index (χ3v) is 7.95. The lowest BCUT2D eigenvalue weighted by Crippen LogP contribution is -2.55. The molecule has 10 heteroatoms. The van der Waals surface area contributed by atoms with Gasteiger partial charge in [0, 0.05) is 49.2 Å². The first-order chi connectivity index (χ1) is 18.0. The predicted molar refractivity (Wildman–Crippen MR) is 145 cm³/mol. The Labute approximate surface area is 220 Å². The molecular weight excluding hydrogens is 488 g/mol. The van der Waals surface area contributed by atoms with Gasteiger partial charge in [0.05, 0.1) is 5.41 Å². The average molecular weight is 519 g/mol. The minimum Gasteiger partial charge on any atom is -0.338 e. The van der Waals surface area contributed by atoms with E-state index >= 15 is 0 Å². The second-order valence-electron chi connectivity index (χ2n) is 10.1. The van der Waals surface area contributed by atoms with Gasteiger partial charge in [-0.05, 0) is 49.6 Å². The Kier molecular flexibility index (Phi) is 6.24. The van der Waals surface area contributed by atoms with E-state index in [1.807, 2.05) is 65.0 Å². The van der Waals surface area contributed by atoms with E-state index in [1.54, 1.807) is 0 Å². The number of piperazine rings is 1. The molecule has 1 aliphatic carbocycles. The van der Waals surface area contributed by atoms with Crippen molar-refractivity contribution in [1.29, 1.82) is 0 Å². The molecule has 9 nitrogen and oxygen atoms in total. The maximum atomic E-state index is 14.0. The Morgan fingerprint density at radius 2 is 1.81 bits per heavy atom. The number of amides is 1. The van der Waals surface area contributed by atoms with Crippen LogP contribution in [0, 0.1) is 6.92 Å². The zero-order valence-corrected chi connectivity index (χ0v) is 21.7. The van der Waals surface area contributed by atoms with Crippen molar-refractivity contribution in [2.24, 2.45) is 0 Å². The molecule has 0 radical (unpaired) electrons. The molecule has 1 aromatic carbocycles. The predicted octanol–water partition coefficient (Wildman–Crippen LogP) is 4.71. The van der Waals surface area contributed by atoms with Gasteiger partial charge >= 0.3 is 0 Å². The van der Waals surface area contributed by atoms with Crippen LogP contribution in [-0.2, 0) is 10.2 Å². The molecule has 2 fully saturated rings. The summed E-state index contributed by atoms with van der Waals surface area (Å²) in [4.78, 5) is 23.1. The summed E-state index contributed by atoms with van der Waals surface area (Å²) in [5.74, 6) is 2.28. The van der Waals surface area contributed by atoms with Crippen LogP contribution in [0.5, 0.6) is 0 Å². The van der Waals surface area contributed by atoms with Crippen molar-refractivity contribution in [3.05, 3.63) is 64.9 Å². The summed E-state index contributed by atoms with van der Waals surface area (Å²) in [5, 5.41) is 16.0. The molecule has 192 valence electrons. The molecule has 1 amide bonds. The van der Waals surface area contributed by atoms with E-state index in [0.717, 1.165) is 42.5 Å². The number of rotatable bonds is 5. The molecule has 3 aromatic heterocycles. The molecule has 37 heavy (non-hydrogen) atoms. The molecule has 0 atom stereocenters. The molecule has 4 aromatic rings. The summed E-state index contributed by atoms with van der Waals surface area (Å²) in [5.41, 5.74) is 2.48. The van der Waals surface area contributed by atoms with Crippen molar-refractivity contribution in [1.82, 2.24) is 29.7 Å². The van der Waals surface area contributed by atoms with Crippen LogP contribution < -0.4 is 10.2 Å². The zero-order chi connectivity index (χ0) is 25.4. The summed E-state index contributed by atoms with van der Waals surface area (Å²) in [6.45, 7) is 4.60. The molecule has 0 spiro atoms. The monoisotopic (exact) mass is 518 g/mol. The Hall–Kier alpha value is -3.59. The Morgan fingerprint density at radius 1 is 1.05 bits per heavy atom.